The van der Waals surface area contributed by atoms with E-state index in [-0.39, 0.29) is 25.4 Å². The van der Waals surface area contributed by atoms with Crippen LogP contribution in [-0.2, 0) is 42.7 Å². The van der Waals surface area contributed by atoms with Crippen LogP contribution in [0.5, 0.6) is 0 Å². The molecule has 1 rings (SSSR count). The van der Waals surface area contributed by atoms with E-state index in [0.29, 0.717) is 52.9 Å². The van der Waals surface area contributed by atoms with Gasteiger partial charge in [0, 0.05) is 33.4 Å². The largest absolute Gasteiger partial charge is 0.394 e. The first-order valence-corrected chi connectivity index (χ1v) is 21.4. The molecule has 1 fully saturated rings. The van der Waals surface area contributed by atoms with E-state index >= 15 is 0 Å². The van der Waals surface area contributed by atoms with Crippen LogP contribution < -0.4 is 5.32 Å². The zero-order valence-electron chi connectivity index (χ0n) is 34.7. The standard InChI is InChI=1S/C41H81NO12/c1-6-10-14-18-22-47-27-34(28-48-23-19-15-11-7-2)51-31-36(53-41-38(42-33(5)44)40(46)39(45)37(26-43)54-41)32-52-35(29-49-24-20-16-12-8-3)30-50-25-21-17-13-9-4/h34-41,43,45-46H,6-32H2,1-5H3,(H,42,44)/t37-,38-,39-,40-,41?/m1/s1. The van der Waals surface area contributed by atoms with Crippen LogP contribution in [0.2, 0.25) is 0 Å². The van der Waals surface area contributed by atoms with E-state index in [0.717, 1.165) is 77.0 Å². The Kier molecular flexibility index (Phi) is 33.3. The Bertz CT molecular complexity index is 770. The summed E-state index contributed by atoms with van der Waals surface area (Å²) in [5, 5.41) is 34.1. The number of carbonyl (C=O) groups is 1. The minimum absolute atomic E-state index is 0.0562. The molecule has 13 nitrogen and oxygen atoms in total. The Morgan fingerprint density at radius 3 is 1.30 bits per heavy atom. The third-order valence-corrected chi connectivity index (χ3v) is 9.40. The van der Waals surface area contributed by atoms with E-state index < -0.39 is 49.3 Å². The van der Waals surface area contributed by atoms with Crippen LogP contribution in [0.3, 0.4) is 0 Å². The van der Waals surface area contributed by atoms with Gasteiger partial charge < -0.3 is 58.5 Å². The quantitative estimate of drug-likeness (QED) is 0.0586. The molecule has 0 aromatic carbocycles. The number of nitrogens with one attached hydrogen (secondary N) is 1. The normalized spacial score (nSPS) is 20.5. The smallest absolute Gasteiger partial charge is 0.217 e. The fourth-order valence-corrected chi connectivity index (χ4v) is 6.06. The lowest BCUT2D eigenvalue weighted by Crippen LogP contribution is -2.65. The molecule has 1 unspecified atom stereocenters. The van der Waals surface area contributed by atoms with Gasteiger partial charge in [0.05, 0.1) is 46.2 Å². The number of unbranched alkanes of at least 4 members (excludes halogenated alkanes) is 12. The highest BCUT2D eigenvalue weighted by Gasteiger charge is 2.46. The van der Waals surface area contributed by atoms with Gasteiger partial charge in [0.1, 0.15) is 42.7 Å². The molecule has 0 spiro atoms. The van der Waals surface area contributed by atoms with Crippen molar-refractivity contribution >= 4 is 5.91 Å². The second-order valence-electron chi connectivity index (χ2n) is 14.6. The van der Waals surface area contributed by atoms with E-state index in [4.69, 9.17) is 37.9 Å². The van der Waals surface area contributed by atoms with E-state index in [1.165, 1.54) is 32.6 Å². The van der Waals surface area contributed by atoms with E-state index in [2.05, 4.69) is 33.0 Å². The summed E-state index contributed by atoms with van der Waals surface area (Å²) >= 11 is 0. The van der Waals surface area contributed by atoms with Crippen molar-refractivity contribution in [1.82, 2.24) is 5.32 Å². The Morgan fingerprint density at radius 1 is 0.574 bits per heavy atom. The first kappa shape index (κ1) is 51.0. The minimum atomic E-state index is -1.45. The van der Waals surface area contributed by atoms with Crippen molar-refractivity contribution in [2.24, 2.45) is 0 Å². The molecule has 322 valence electrons. The van der Waals surface area contributed by atoms with Crippen molar-refractivity contribution in [1.29, 1.82) is 0 Å². The number of hydrogen-bond donors (Lipinski definition) is 4. The lowest BCUT2D eigenvalue weighted by Gasteiger charge is -2.43. The monoisotopic (exact) mass is 780 g/mol. The minimum Gasteiger partial charge on any atom is -0.394 e. The first-order valence-electron chi connectivity index (χ1n) is 21.4. The molecule has 0 saturated carbocycles. The van der Waals surface area contributed by atoms with Gasteiger partial charge >= 0.3 is 0 Å². The van der Waals surface area contributed by atoms with Gasteiger partial charge in [-0.15, -0.1) is 0 Å². The molecule has 1 amide bonds. The van der Waals surface area contributed by atoms with Gasteiger partial charge in [-0.25, -0.2) is 0 Å². The molecule has 1 heterocycles. The fraction of sp³-hybridized carbons (Fsp3) is 0.976. The zero-order chi connectivity index (χ0) is 39.7. The average Bonchev–Trinajstić information content (AvgIpc) is 3.16. The van der Waals surface area contributed by atoms with Crippen LogP contribution in [0.4, 0.5) is 0 Å². The summed E-state index contributed by atoms with van der Waals surface area (Å²) < 4.78 is 49.2. The average molecular weight is 780 g/mol. The van der Waals surface area contributed by atoms with Crippen LogP contribution in [0.25, 0.3) is 0 Å². The van der Waals surface area contributed by atoms with Crippen LogP contribution in [-0.4, -0.2) is 143 Å². The molecule has 0 aliphatic carbocycles. The maximum atomic E-state index is 12.1. The topological polar surface area (TPSA) is 164 Å². The lowest BCUT2D eigenvalue weighted by atomic mass is 9.97. The summed E-state index contributed by atoms with van der Waals surface area (Å²) in [5.41, 5.74) is 0. The Balaban J connectivity index is 3.12. The summed E-state index contributed by atoms with van der Waals surface area (Å²) in [4.78, 5) is 12.1. The van der Waals surface area contributed by atoms with Gasteiger partial charge in [0.25, 0.3) is 0 Å². The predicted octanol–water partition coefficient (Wildman–Crippen LogP) is 5.47. The number of ether oxygens (including phenoxy) is 8. The molecule has 4 N–H and O–H groups in total. The summed E-state index contributed by atoms with van der Waals surface area (Å²) in [6.07, 6.45) is 10.9. The summed E-state index contributed by atoms with van der Waals surface area (Å²) in [7, 11) is 0. The summed E-state index contributed by atoms with van der Waals surface area (Å²) in [6.45, 7) is 13.5. The lowest BCUT2D eigenvalue weighted by molar-refractivity contribution is -0.291. The van der Waals surface area contributed by atoms with E-state index in [1.54, 1.807) is 0 Å². The van der Waals surface area contributed by atoms with E-state index in [9.17, 15) is 20.1 Å². The molecule has 1 aliphatic rings. The SMILES string of the molecule is CCCCCCOCC(COCCCCCC)OCC(COC(COCCCCCC)COCCCCCC)OC1O[C@H](CO)[C@@H](O)[C@H](O)[C@H]1NC(C)=O. The highest BCUT2D eigenvalue weighted by atomic mass is 16.7. The Hall–Kier alpha value is -0.970. The molecule has 1 saturated heterocycles. The predicted molar refractivity (Wildman–Crippen MR) is 210 cm³/mol. The summed E-state index contributed by atoms with van der Waals surface area (Å²) in [5.74, 6) is -0.436. The van der Waals surface area contributed by atoms with Gasteiger partial charge in [0.2, 0.25) is 5.91 Å². The van der Waals surface area contributed by atoms with Crippen LogP contribution in [0.1, 0.15) is 137 Å². The molecule has 13 heteroatoms. The van der Waals surface area contributed by atoms with Gasteiger partial charge in [0.15, 0.2) is 6.29 Å². The maximum absolute atomic E-state index is 12.1. The number of amides is 1. The van der Waals surface area contributed by atoms with Crippen LogP contribution >= 0.6 is 0 Å². The molecule has 0 radical (unpaired) electrons. The number of hydrogen-bond acceptors (Lipinski definition) is 12. The maximum Gasteiger partial charge on any atom is 0.217 e. The zero-order valence-corrected chi connectivity index (χ0v) is 34.7. The van der Waals surface area contributed by atoms with Crippen molar-refractivity contribution in [3.8, 4) is 0 Å². The highest BCUT2D eigenvalue weighted by molar-refractivity contribution is 5.73. The van der Waals surface area contributed by atoms with Crippen molar-refractivity contribution in [3.63, 3.8) is 0 Å². The van der Waals surface area contributed by atoms with Gasteiger partial charge in [-0.2, -0.15) is 0 Å². The number of rotatable bonds is 38. The molecular formula is C41H81NO12. The van der Waals surface area contributed by atoms with Crippen LogP contribution in [0.15, 0.2) is 0 Å². The van der Waals surface area contributed by atoms with Crippen molar-refractivity contribution in [2.45, 2.75) is 186 Å². The third kappa shape index (κ3) is 25.3. The summed E-state index contributed by atoms with van der Waals surface area (Å²) in [6, 6.07) is -1.11. The Morgan fingerprint density at radius 2 is 0.963 bits per heavy atom. The molecule has 5 atom stereocenters. The van der Waals surface area contributed by atoms with Gasteiger partial charge in [-0.1, -0.05) is 105 Å². The molecule has 1 aliphatic heterocycles. The van der Waals surface area contributed by atoms with Crippen LogP contribution in [0, 0.1) is 0 Å². The first-order chi connectivity index (χ1) is 26.3. The third-order valence-electron chi connectivity index (χ3n) is 9.40. The molecule has 0 aromatic heterocycles. The van der Waals surface area contributed by atoms with Crippen molar-refractivity contribution in [2.75, 3.05) is 72.7 Å². The number of aliphatic hydroxyl groups is 3. The molecule has 0 bridgehead atoms. The highest BCUT2D eigenvalue weighted by Crippen LogP contribution is 2.24. The fourth-order valence-electron chi connectivity index (χ4n) is 6.06. The van der Waals surface area contributed by atoms with Crippen molar-refractivity contribution in [3.05, 3.63) is 0 Å². The second-order valence-corrected chi connectivity index (χ2v) is 14.6. The number of aliphatic hydroxyl groups excluding tert-OH is 3. The van der Waals surface area contributed by atoms with Crippen molar-refractivity contribution < 1.29 is 58.0 Å². The van der Waals surface area contributed by atoms with E-state index in [1.807, 2.05) is 0 Å². The van der Waals surface area contributed by atoms with Gasteiger partial charge in [-0.05, 0) is 25.7 Å². The Labute approximate surface area is 327 Å². The molecule has 54 heavy (non-hydrogen) atoms. The van der Waals surface area contributed by atoms with Gasteiger partial charge in [-0.3, -0.25) is 4.79 Å². The second kappa shape index (κ2) is 35.2. The molecular weight excluding hydrogens is 698 g/mol. The number of carbonyl (C=O) groups excluding carboxylic acids is 1. The molecule has 0 aromatic rings.